The number of hydrogen-bond acceptors (Lipinski definition) is 6. The first-order valence-electron chi connectivity index (χ1n) is 7.44. The molecule has 1 aliphatic carbocycles. The number of esters is 1. The largest absolute Gasteiger partial charge is 0.466 e. The lowest BCUT2D eigenvalue weighted by molar-refractivity contribution is -0.148. The summed E-state index contributed by atoms with van der Waals surface area (Å²) in [5.74, 6) is -0.489. The van der Waals surface area contributed by atoms with Crippen molar-refractivity contribution in [2.75, 3.05) is 11.9 Å². The molecule has 1 atom stereocenters. The SMILES string of the molecule is CCOC(=O)C1CCc2nc(NC(=O)CCC(C)=O)sc2C1. The average Bonchev–Trinajstić information content (AvgIpc) is 2.86. The first-order chi connectivity index (χ1) is 10.5. The molecule has 0 bridgehead atoms. The van der Waals surface area contributed by atoms with Gasteiger partial charge < -0.3 is 14.8 Å². The number of anilines is 1. The lowest BCUT2D eigenvalue weighted by Crippen LogP contribution is -2.24. The van der Waals surface area contributed by atoms with Gasteiger partial charge in [0.1, 0.15) is 5.78 Å². The van der Waals surface area contributed by atoms with E-state index in [4.69, 9.17) is 4.74 Å². The normalized spacial score (nSPS) is 16.7. The van der Waals surface area contributed by atoms with Crippen LogP contribution in [0.3, 0.4) is 0 Å². The van der Waals surface area contributed by atoms with Gasteiger partial charge in [0, 0.05) is 17.7 Å². The lowest BCUT2D eigenvalue weighted by Gasteiger charge is -2.18. The number of amides is 1. The topological polar surface area (TPSA) is 85.4 Å². The molecule has 1 aromatic rings. The summed E-state index contributed by atoms with van der Waals surface area (Å²) in [5, 5.41) is 3.27. The van der Waals surface area contributed by atoms with Crippen LogP contribution in [0.2, 0.25) is 0 Å². The van der Waals surface area contributed by atoms with Gasteiger partial charge in [0.2, 0.25) is 5.91 Å². The van der Waals surface area contributed by atoms with Gasteiger partial charge in [-0.05, 0) is 33.1 Å². The third kappa shape index (κ3) is 4.37. The van der Waals surface area contributed by atoms with E-state index < -0.39 is 0 Å². The Morgan fingerprint density at radius 2 is 2.14 bits per heavy atom. The number of rotatable bonds is 6. The summed E-state index contributed by atoms with van der Waals surface area (Å²) in [7, 11) is 0. The maximum atomic E-state index is 11.8. The van der Waals surface area contributed by atoms with E-state index in [-0.39, 0.29) is 36.4 Å². The standard InChI is InChI=1S/C15H20N2O4S/c1-3-21-14(20)10-5-6-11-12(8-10)22-15(16-11)17-13(19)7-4-9(2)18/h10H,3-8H2,1-2H3,(H,16,17,19). The Labute approximate surface area is 133 Å². The van der Waals surface area contributed by atoms with E-state index in [0.29, 0.717) is 18.2 Å². The van der Waals surface area contributed by atoms with Gasteiger partial charge >= 0.3 is 5.97 Å². The van der Waals surface area contributed by atoms with Crippen LogP contribution in [0, 0.1) is 5.92 Å². The van der Waals surface area contributed by atoms with Gasteiger partial charge in [-0.25, -0.2) is 4.98 Å². The molecule has 0 radical (unpaired) electrons. The Bertz CT molecular complexity index is 582. The highest BCUT2D eigenvalue weighted by atomic mass is 32.1. The van der Waals surface area contributed by atoms with Crippen LogP contribution in [0.25, 0.3) is 0 Å². The highest BCUT2D eigenvalue weighted by molar-refractivity contribution is 7.15. The van der Waals surface area contributed by atoms with Crippen molar-refractivity contribution in [1.82, 2.24) is 4.98 Å². The molecule has 1 unspecified atom stereocenters. The quantitative estimate of drug-likeness (QED) is 0.810. The molecule has 120 valence electrons. The Kier molecular flexibility index (Phi) is 5.65. The summed E-state index contributed by atoms with van der Waals surface area (Å²) in [5.41, 5.74) is 0.951. The van der Waals surface area contributed by atoms with E-state index in [0.717, 1.165) is 23.4 Å². The van der Waals surface area contributed by atoms with Crippen LogP contribution in [0.1, 0.15) is 43.7 Å². The average molecular weight is 324 g/mol. The fourth-order valence-corrected chi connectivity index (χ4v) is 3.47. The van der Waals surface area contributed by atoms with Crippen molar-refractivity contribution in [1.29, 1.82) is 0 Å². The molecular weight excluding hydrogens is 304 g/mol. The summed E-state index contributed by atoms with van der Waals surface area (Å²) in [6, 6.07) is 0. The molecule has 6 nitrogen and oxygen atoms in total. The highest BCUT2D eigenvalue weighted by Crippen LogP contribution is 2.32. The summed E-state index contributed by atoms with van der Waals surface area (Å²) in [6.45, 7) is 3.65. The van der Waals surface area contributed by atoms with Crippen LogP contribution in [-0.4, -0.2) is 29.3 Å². The second kappa shape index (κ2) is 7.49. The minimum absolute atomic E-state index is 0.00846. The van der Waals surface area contributed by atoms with Gasteiger partial charge in [-0.2, -0.15) is 0 Å². The van der Waals surface area contributed by atoms with Crippen LogP contribution in [0.4, 0.5) is 5.13 Å². The molecule has 1 aliphatic rings. The summed E-state index contributed by atoms with van der Waals surface area (Å²) in [4.78, 5) is 39.8. The highest BCUT2D eigenvalue weighted by Gasteiger charge is 2.28. The van der Waals surface area contributed by atoms with Crippen molar-refractivity contribution in [3.05, 3.63) is 10.6 Å². The zero-order chi connectivity index (χ0) is 16.1. The van der Waals surface area contributed by atoms with E-state index in [1.165, 1.54) is 18.3 Å². The Balaban J connectivity index is 1.95. The van der Waals surface area contributed by atoms with E-state index in [2.05, 4.69) is 10.3 Å². The van der Waals surface area contributed by atoms with Crippen LogP contribution < -0.4 is 5.32 Å². The van der Waals surface area contributed by atoms with Crippen LogP contribution in [0.15, 0.2) is 0 Å². The molecule has 0 spiro atoms. The third-order valence-electron chi connectivity index (χ3n) is 3.51. The number of aryl methyl sites for hydroxylation is 1. The van der Waals surface area contributed by atoms with Crippen molar-refractivity contribution in [3.63, 3.8) is 0 Å². The van der Waals surface area contributed by atoms with Gasteiger partial charge in [0.15, 0.2) is 5.13 Å². The number of nitrogens with zero attached hydrogens (tertiary/aromatic N) is 1. The number of fused-ring (bicyclic) bond motifs is 1. The predicted octanol–water partition coefficient (Wildman–Crippen LogP) is 2.12. The van der Waals surface area contributed by atoms with Crippen LogP contribution >= 0.6 is 11.3 Å². The van der Waals surface area contributed by atoms with E-state index in [1.807, 2.05) is 0 Å². The molecule has 0 aromatic carbocycles. The second-order valence-electron chi connectivity index (χ2n) is 5.33. The maximum Gasteiger partial charge on any atom is 0.309 e. The predicted molar refractivity (Wildman–Crippen MR) is 82.8 cm³/mol. The van der Waals surface area contributed by atoms with Gasteiger partial charge in [-0.1, -0.05) is 0 Å². The number of ketones is 1. The van der Waals surface area contributed by atoms with Gasteiger partial charge in [-0.15, -0.1) is 11.3 Å². The number of carbonyl (C=O) groups excluding carboxylic acids is 3. The van der Waals surface area contributed by atoms with Crippen molar-refractivity contribution in [2.45, 2.75) is 46.0 Å². The summed E-state index contributed by atoms with van der Waals surface area (Å²) >= 11 is 1.40. The van der Waals surface area contributed by atoms with Crippen molar-refractivity contribution < 1.29 is 19.1 Å². The minimum atomic E-state index is -0.205. The molecule has 0 fully saturated rings. The van der Waals surface area contributed by atoms with E-state index in [9.17, 15) is 14.4 Å². The lowest BCUT2D eigenvalue weighted by atomic mass is 9.91. The molecule has 2 rings (SSSR count). The summed E-state index contributed by atoms with van der Waals surface area (Å²) in [6.07, 6.45) is 2.48. The minimum Gasteiger partial charge on any atom is -0.466 e. The van der Waals surface area contributed by atoms with E-state index >= 15 is 0 Å². The molecule has 22 heavy (non-hydrogen) atoms. The molecule has 7 heteroatoms. The molecule has 0 aliphatic heterocycles. The summed E-state index contributed by atoms with van der Waals surface area (Å²) < 4.78 is 5.07. The monoisotopic (exact) mass is 324 g/mol. The molecular formula is C15H20N2O4S. The zero-order valence-electron chi connectivity index (χ0n) is 12.8. The van der Waals surface area contributed by atoms with Gasteiger partial charge in [0.05, 0.1) is 18.2 Å². The van der Waals surface area contributed by atoms with Gasteiger partial charge in [-0.3, -0.25) is 9.59 Å². The first kappa shape index (κ1) is 16.6. The van der Waals surface area contributed by atoms with Crippen molar-refractivity contribution >= 4 is 34.1 Å². The molecule has 1 aromatic heterocycles. The number of thiazole rings is 1. The fourth-order valence-electron chi connectivity index (χ4n) is 2.36. The maximum absolute atomic E-state index is 11.8. The molecule has 1 heterocycles. The second-order valence-corrected chi connectivity index (χ2v) is 6.41. The zero-order valence-corrected chi connectivity index (χ0v) is 13.6. The smallest absolute Gasteiger partial charge is 0.309 e. The molecule has 0 saturated carbocycles. The Morgan fingerprint density at radius 1 is 1.36 bits per heavy atom. The van der Waals surface area contributed by atoms with Crippen LogP contribution in [-0.2, 0) is 32.0 Å². The molecule has 1 amide bonds. The van der Waals surface area contributed by atoms with Gasteiger partial charge in [0.25, 0.3) is 0 Å². The first-order valence-corrected chi connectivity index (χ1v) is 8.25. The number of carbonyl (C=O) groups is 3. The van der Waals surface area contributed by atoms with Crippen LogP contribution in [0.5, 0.6) is 0 Å². The fraction of sp³-hybridized carbons (Fsp3) is 0.600. The number of ether oxygens (including phenoxy) is 1. The van der Waals surface area contributed by atoms with Crippen molar-refractivity contribution in [2.24, 2.45) is 5.92 Å². The number of aromatic nitrogens is 1. The number of Topliss-reactive ketones (excluding diaryl/α,β-unsaturated/α-hetero) is 1. The molecule has 0 saturated heterocycles. The number of hydrogen-bond donors (Lipinski definition) is 1. The van der Waals surface area contributed by atoms with Crippen molar-refractivity contribution in [3.8, 4) is 0 Å². The van der Waals surface area contributed by atoms with E-state index in [1.54, 1.807) is 6.92 Å². The Hall–Kier alpha value is -1.76. The Morgan fingerprint density at radius 3 is 2.82 bits per heavy atom. The number of nitrogens with one attached hydrogen (secondary N) is 1. The molecule has 1 N–H and O–H groups in total. The third-order valence-corrected chi connectivity index (χ3v) is 4.55.